The number of nitrogens with zero attached hydrogens (tertiary/aromatic N) is 2. The first-order chi connectivity index (χ1) is 11.3. The molecule has 0 spiro atoms. The zero-order valence-corrected chi connectivity index (χ0v) is 16.5. The smallest absolute Gasteiger partial charge is 0.407 e. The maximum absolute atomic E-state index is 11.7. The Bertz CT molecular complexity index is 525. The Morgan fingerprint density at radius 3 is 2.46 bits per heavy atom. The molecule has 1 aliphatic carbocycles. The first-order valence-electron chi connectivity index (χ1n) is 9.32. The van der Waals surface area contributed by atoms with E-state index in [1.165, 1.54) is 24.4 Å². The fourth-order valence-corrected chi connectivity index (χ4v) is 2.70. The summed E-state index contributed by atoms with van der Waals surface area (Å²) in [5.74, 6) is 1.98. The van der Waals surface area contributed by atoms with E-state index >= 15 is 0 Å². The Morgan fingerprint density at radius 2 is 1.96 bits per heavy atom. The van der Waals surface area contributed by atoms with E-state index in [1.807, 2.05) is 34.6 Å². The summed E-state index contributed by atoms with van der Waals surface area (Å²) in [6.07, 6.45) is 4.32. The number of ether oxygens (including phenoxy) is 1. The van der Waals surface area contributed by atoms with Gasteiger partial charge in [-0.25, -0.2) is 9.78 Å². The molecule has 138 valence electrons. The van der Waals surface area contributed by atoms with E-state index in [0.717, 1.165) is 31.0 Å². The second kappa shape index (κ2) is 9.09. The Labute approximate surface area is 147 Å². The van der Waals surface area contributed by atoms with Crippen LogP contribution in [-0.4, -0.2) is 27.8 Å². The molecule has 2 rings (SSSR count). The van der Waals surface area contributed by atoms with Crippen molar-refractivity contribution in [3.63, 3.8) is 0 Å². The fourth-order valence-electron chi connectivity index (χ4n) is 2.70. The van der Waals surface area contributed by atoms with Gasteiger partial charge in [0.2, 0.25) is 0 Å². The number of rotatable bonds is 6. The minimum Gasteiger partial charge on any atom is -0.444 e. The van der Waals surface area contributed by atoms with E-state index in [1.54, 1.807) is 0 Å². The summed E-state index contributed by atoms with van der Waals surface area (Å²) in [5.41, 5.74) is 1.94. The second-order valence-electron chi connectivity index (χ2n) is 7.14. The first kappa shape index (κ1) is 20.5. The maximum atomic E-state index is 11.7. The summed E-state index contributed by atoms with van der Waals surface area (Å²) < 4.78 is 7.55. The number of imidazole rings is 1. The fraction of sp³-hybridized carbons (Fsp3) is 0.789. The Kier molecular flexibility index (Phi) is 7.77. The maximum Gasteiger partial charge on any atom is 0.407 e. The highest BCUT2D eigenvalue weighted by atomic mass is 16.6. The molecule has 0 saturated heterocycles. The number of hydrogen-bond donors (Lipinski definition) is 1. The number of amides is 1. The predicted molar refractivity (Wildman–Crippen MR) is 98.4 cm³/mol. The minimum absolute atomic E-state index is 0.355. The van der Waals surface area contributed by atoms with E-state index in [4.69, 9.17) is 9.72 Å². The zero-order chi connectivity index (χ0) is 18.3. The van der Waals surface area contributed by atoms with Crippen molar-refractivity contribution >= 4 is 6.09 Å². The van der Waals surface area contributed by atoms with Gasteiger partial charge in [-0.1, -0.05) is 20.8 Å². The molecule has 1 aromatic heterocycles. The molecule has 0 unspecified atom stereocenters. The monoisotopic (exact) mass is 337 g/mol. The van der Waals surface area contributed by atoms with Crippen LogP contribution in [0.3, 0.4) is 0 Å². The SMILES string of the molecule is CC.CCc1c(C)nc(CC2CC2)n1CCNC(=O)OC(C)(C)C. The van der Waals surface area contributed by atoms with Crippen molar-refractivity contribution in [2.24, 2.45) is 5.92 Å². The summed E-state index contributed by atoms with van der Waals surface area (Å²) in [5, 5.41) is 2.83. The quantitative estimate of drug-likeness (QED) is 0.844. The van der Waals surface area contributed by atoms with Crippen LogP contribution in [0, 0.1) is 12.8 Å². The summed E-state index contributed by atoms with van der Waals surface area (Å²) in [4.78, 5) is 16.5. The molecular weight excluding hydrogens is 302 g/mol. The van der Waals surface area contributed by atoms with Crippen molar-refractivity contribution in [1.29, 1.82) is 0 Å². The molecule has 1 aliphatic rings. The van der Waals surface area contributed by atoms with Crippen LogP contribution in [0.1, 0.15) is 71.6 Å². The topological polar surface area (TPSA) is 56.2 Å². The Morgan fingerprint density at radius 1 is 1.33 bits per heavy atom. The van der Waals surface area contributed by atoms with Crippen molar-refractivity contribution in [2.75, 3.05) is 6.54 Å². The van der Waals surface area contributed by atoms with Gasteiger partial charge in [0.15, 0.2) is 0 Å². The lowest BCUT2D eigenvalue weighted by Gasteiger charge is -2.20. The number of carbonyl (C=O) groups is 1. The van der Waals surface area contributed by atoms with Gasteiger partial charge in [-0.15, -0.1) is 0 Å². The summed E-state index contributed by atoms with van der Waals surface area (Å²) in [6, 6.07) is 0. The molecule has 1 N–H and O–H groups in total. The van der Waals surface area contributed by atoms with Crippen LogP contribution in [0.25, 0.3) is 0 Å². The van der Waals surface area contributed by atoms with Crippen LogP contribution in [0.5, 0.6) is 0 Å². The van der Waals surface area contributed by atoms with E-state index in [2.05, 4.69) is 23.7 Å². The van der Waals surface area contributed by atoms with Crippen molar-refractivity contribution in [3.05, 3.63) is 17.2 Å². The van der Waals surface area contributed by atoms with Gasteiger partial charge in [0, 0.05) is 25.2 Å². The molecular formula is C19H35N3O2. The third-order valence-electron chi connectivity index (χ3n) is 3.86. The molecule has 0 bridgehead atoms. The molecule has 1 saturated carbocycles. The van der Waals surface area contributed by atoms with Crippen LogP contribution in [0.4, 0.5) is 4.79 Å². The number of aryl methyl sites for hydroxylation is 1. The summed E-state index contributed by atoms with van der Waals surface area (Å²) >= 11 is 0. The van der Waals surface area contributed by atoms with Crippen LogP contribution in [0.15, 0.2) is 0 Å². The molecule has 1 amide bonds. The molecule has 1 heterocycles. The minimum atomic E-state index is -0.457. The lowest BCUT2D eigenvalue weighted by Crippen LogP contribution is -2.34. The van der Waals surface area contributed by atoms with Gasteiger partial charge in [0.25, 0.3) is 0 Å². The van der Waals surface area contributed by atoms with Crippen LogP contribution in [-0.2, 0) is 24.1 Å². The zero-order valence-electron chi connectivity index (χ0n) is 16.5. The average Bonchev–Trinajstić information content (AvgIpc) is 3.24. The number of alkyl carbamates (subject to hydrolysis) is 1. The van der Waals surface area contributed by atoms with Gasteiger partial charge in [-0.2, -0.15) is 0 Å². The molecule has 0 aliphatic heterocycles. The van der Waals surface area contributed by atoms with Crippen molar-refractivity contribution in [2.45, 2.75) is 86.3 Å². The molecule has 5 nitrogen and oxygen atoms in total. The van der Waals surface area contributed by atoms with Gasteiger partial charge < -0.3 is 14.6 Å². The molecule has 1 fully saturated rings. The normalized spacial score (nSPS) is 14.0. The lowest BCUT2D eigenvalue weighted by molar-refractivity contribution is 0.0526. The average molecular weight is 338 g/mol. The van der Waals surface area contributed by atoms with Gasteiger partial charge in [-0.05, 0) is 52.9 Å². The molecule has 0 atom stereocenters. The highest BCUT2D eigenvalue weighted by Gasteiger charge is 2.25. The standard InChI is InChI=1S/C17H29N3O2.C2H6/c1-6-14-12(2)19-15(11-13-7-8-13)20(14)10-9-18-16(21)22-17(3,4)5;1-2/h13H,6-11H2,1-5H3,(H,18,21);1-2H3. The third-order valence-corrected chi connectivity index (χ3v) is 3.86. The van der Waals surface area contributed by atoms with Crippen molar-refractivity contribution in [3.8, 4) is 0 Å². The van der Waals surface area contributed by atoms with Gasteiger partial charge in [0.05, 0.1) is 5.69 Å². The number of carbonyl (C=O) groups excluding carboxylic acids is 1. The number of hydrogen-bond acceptors (Lipinski definition) is 3. The highest BCUT2D eigenvalue weighted by molar-refractivity contribution is 5.67. The first-order valence-corrected chi connectivity index (χ1v) is 9.32. The predicted octanol–water partition coefficient (Wildman–Crippen LogP) is 4.26. The van der Waals surface area contributed by atoms with Crippen LogP contribution < -0.4 is 5.32 Å². The van der Waals surface area contributed by atoms with Gasteiger partial charge in [-0.3, -0.25) is 0 Å². The van der Waals surface area contributed by atoms with Crippen LogP contribution >= 0.6 is 0 Å². The molecule has 24 heavy (non-hydrogen) atoms. The Balaban J connectivity index is 0.00000139. The highest BCUT2D eigenvalue weighted by Crippen LogP contribution is 2.32. The van der Waals surface area contributed by atoms with Crippen molar-refractivity contribution in [1.82, 2.24) is 14.9 Å². The van der Waals surface area contributed by atoms with Gasteiger partial charge in [0.1, 0.15) is 11.4 Å². The largest absolute Gasteiger partial charge is 0.444 e. The van der Waals surface area contributed by atoms with E-state index in [-0.39, 0.29) is 6.09 Å². The van der Waals surface area contributed by atoms with E-state index in [0.29, 0.717) is 6.54 Å². The molecule has 0 radical (unpaired) electrons. The Hall–Kier alpha value is -1.52. The molecule has 5 heteroatoms. The summed E-state index contributed by atoms with van der Waals surface area (Å²) in [7, 11) is 0. The third kappa shape index (κ3) is 6.54. The van der Waals surface area contributed by atoms with Crippen LogP contribution in [0.2, 0.25) is 0 Å². The molecule has 0 aromatic carbocycles. The van der Waals surface area contributed by atoms with E-state index in [9.17, 15) is 4.79 Å². The lowest BCUT2D eigenvalue weighted by atomic mass is 10.2. The number of aromatic nitrogens is 2. The molecule has 1 aromatic rings. The number of nitrogens with one attached hydrogen (secondary N) is 1. The second-order valence-corrected chi connectivity index (χ2v) is 7.14. The summed E-state index contributed by atoms with van der Waals surface area (Å²) in [6.45, 7) is 15.2. The van der Waals surface area contributed by atoms with Gasteiger partial charge >= 0.3 is 6.09 Å². The van der Waals surface area contributed by atoms with E-state index < -0.39 is 5.60 Å². The van der Waals surface area contributed by atoms with Crippen molar-refractivity contribution < 1.29 is 9.53 Å².